The summed E-state index contributed by atoms with van der Waals surface area (Å²) in [6, 6.07) is 20.7. The molecule has 2 aromatic carbocycles. The second-order valence-electron chi connectivity index (χ2n) is 6.40. The van der Waals surface area contributed by atoms with E-state index < -0.39 is 0 Å². The van der Waals surface area contributed by atoms with Crippen LogP contribution in [0.1, 0.15) is 18.1 Å². The van der Waals surface area contributed by atoms with E-state index in [-0.39, 0.29) is 18.8 Å². The maximum Gasteiger partial charge on any atom is 0.0794 e. The van der Waals surface area contributed by atoms with E-state index in [2.05, 4.69) is 48.2 Å². The molecule has 0 bridgehead atoms. The number of nitrogens with zero attached hydrogens (tertiary/aromatic N) is 1. The van der Waals surface area contributed by atoms with Gasteiger partial charge in [0.05, 0.1) is 25.4 Å². The Morgan fingerprint density at radius 1 is 1.00 bits per heavy atom. The Hall–Kier alpha value is -1.68. The second kappa shape index (κ2) is 7.73. The number of likely N-dealkylation sites (tertiary alicyclic amines) is 1. The summed E-state index contributed by atoms with van der Waals surface area (Å²) >= 11 is 0. The SMILES string of the molecule is C[C@@H]1CN(Cc2ccccc2)[C@H](CO)[C@H]1OCc1ccccc1. The molecule has 1 aliphatic heterocycles. The van der Waals surface area contributed by atoms with Crippen molar-refractivity contribution < 1.29 is 9.84 Å². The van der Waals surface area contributed by atoms with Gasteiger partial charge in [0.1, 0.15) is 0 Å². The summed E-state index contributed by atoms with van der Waals surface area (Å²) in [5.74, 6) is 0.416. The molecule has 1 aliphatic rings. The van der Waals surface area contributed by atoms with Crippen molar-refractivity contribution >= 4 is 0 Å². The van der Waals surface area contributed by atoms with Gasteiger partial charge < -0.3 is 9.84 Å². The fourth-order valence-electron chi connectivity index (χ4n) is 3.46. The van der Waals surface area contributed by atoms with Crippen molar-refractivity contribution in [3.8, 4) is 0 Å². The summed E-state index contributed by atoms with van der Waals surface area (Å²) < 4.78 is 6.17. The molecule has 0 radical (unpaired) electrons. The van der Waals surface area contributed by atoms with Crippen LogP contribution in [0.25, 0.3) is 0 Å². The Morgan fingerprint density at radius 2 is 1.61 bits per heavy atom. The molecule has 1 heterocycles. The molecule has 3 atom stereocenters. The van der Waals surface area contributed by atoms with Crippen molar-refractivity contribution in [3.05, 3.63) is 71.8 Å². The first-order chi connectivity index (χ1) is 11.3. The van der Waals surface area contributed by atoms with E-state index in [1.54, 1.807) is 0 Å². The van der Waals surface area contributed by atoms with Gasteiger partial charge in [-0.3, -0.25) is 4.90 Å². The molecule has 2 aromatic rings. The van der Waals surface area contributed by atoms with E-state index in [1.807, 2.05) is 24.3 Å². The van der Waals surface area contributed by atoms with E-state index in [1.165, 1.54) is 11.1 Å². The van der Waals surface area contributed by atoms with Crippen LogP contribution in [-0.2, 0) is 17.9 Å². The highest BCUT2D eigenvalue weighted by Crippen LogP contribution is 2.28. The number of aliphatic hydroxyl groups excluding tert-OH is 1. The molecular weight excluding hydrogens is 286 g/mol. The van der Waals surface area contributed by atoms with Gasteiger partial charge >= 0.3 is 0 Å². The van der Waals surface area contributed by atoms with E-state index in [0.29, 0.717) is 12.5 Å². The number of hydrogen-bond donors (Lipinski definition) is 1. The number of aliphatic hydroxyl groups is 1. The minimum absolute atomic E-state index is 0.0638. The van der Waals surface area contributed by atoms with E-state index in [4.69, 9.17) is 4.74 Å². The Morgan fingerprint density at radius 3 is 2.22 bits per heavy atom. The van der Waals surface area contributed by atoms with Crippen LogP contribution >= 0.6 is 0 Å². The van der Waals surface area contributed by atoms with Gasteiger partial charge in [-0.05, 0) is 17.0 Å². The molecule has 3 heteroatoms. The van der Waals surface area contributed by atoms with Gasteiger partial charge in [-0.15, -0.1) is 0 Å². The third-order valence-electron chi connectivity index (χ3n) is 4.63. The van der Waals surface area contributed by atoms with Crippen molar-refractivity contribution in [2.45, 2.75) is 32.2 Å². The molecule has 3 nitrogen and oxygen atoms in total. The molecule has 0 aromatic heterocycles. The summed E-state index contributed by atoms with van der Waals surface area (Å²) in [7, 11) is 0. The molecular formula is C20H25NO2. The highest BCUT2D eigenvalue weighted by molar-refractivity contribution is 5.16. The van der Waals surface area contributed by atoms with Gasteiger partial charge in [0, 0.05) is 13.1 Å². The Bertz CT molecular complexity index is 587. The fourth-order valence-corrected chi connectivity index (χ4v) is 3.46. The van der Waals surface area contributed by atoms with Gasteiger partial charge in [-0.2, -0.15) is 0 Å². The predicted molar refractivity (Wildman–Crippen MR) is 91.9 cm³/mol. The second-order valence-corrected chi connectivity index (χ2v) is 6.40. The number of benzene rings is 2. The maximum atomic E-state index is 9.88. The van der Waals surface area contributed by atoms with Gasteiger partial charge in [0.15, 0.2) is 0 Å². The lowest BCUT2D eigenvalue weighted by Gasteiger charge is -2.27. The van der Waals surface area contributed by atoms with Crippen LogP contribution in [0.15, 0.2) is 60.7 Å². The topological polar surface area (TPSA) is 32.7 Å². The normalized spacial score (nSPS) is 24.9. The molecule has 0 saturated carbocycles. The molecule has 0 unspecified atom stereocenters. The third kappa shape index (κ3) is 3.99. The van der Waals surface area contributed by atoms with Crippen molar-refractivity contribution in [1.29, 1.82) is 0 Å². The lowest BCUT2D eigenvalue weighted by atomic mass is 10.0. The van der Waals surface area contributed by atoms with Crippen molar-refractivity contribution in [2.24, 2.45) is 5.92 Å². The van der Waals surface area contributed by atoms with E-state index in [0.717, 1.165) is 13.1 Å². The molecule has 1 saturated heterocycles. The van der Waals surface area contributed by atoms with E-state index >= 15 is 0 Å². The Balaban J connectivity index is 1.64. The molecule has 0 spiro atoms. The molecule has 122 valence electrons. The molecule has 1 N–H and O–H groups in total. The van der Waals surface area contributed by atoms with Gasteiger partial charge in [-0.25, -0.2) is 0 Å². The van der Waals surface area contributed by atoms with Gasteiger partial charge in [-0.1, -0.05) is 67.6 Å². The molecule has 1 fully saturated rings. The average Bonchev–Trinajstić information content (AvgIpc) is 2.89. The summed E-state index contributed by atoms with van der Waals surface area (Å²) in [4.78, 5) is 2.34. The van der Waals surface area contributed by atoms with Gasteiger partial charge in [0.2, 0.25) is 0 Å². The molecule has 0 amide bonds. The highest BCUT2D eigenvalue weighted by Gasteiger charge is 2.39. The van der Waals surface area contributed by atoms with E-state index in [9.17, 15) is 5.11 Å². The smallest absolute Gasteiger partial charge is 0.0794 e. The quantitative estimate of drug-likeness (QED) is 0.890. The first-order valence-electron chi connectivity index (χ1n) is 8.32. The first-order valence-corrected chi connectivity index (χ1v) is 8.32. The van der Waals surface area contributed by atoms with Crippen LogP contribution < -0.4 is 0 Å². The Labute approximate surface area is 138 Å². The van der Waals surface area contributed by atoms with Crippen molar-refractivity contribution in [1.82, 2.24) is 4.90 Å². The number of ether oxygens (including phenoxy) is 1. The minimum Gasteiger partial charge on any atom is -0.395 e. The lowest BCUT2D eigenvalue weighted by molar-refractivity contribution is -0.0173. The minimum atomic E-state index is 0.0638. The predicted octanol–water partition coefficient (Wildman–Crippen LogP) is 3.08. The first kappa shape index (κ1) is 16.2. The third-order valence-corrected chi connectivity index (χ3v) is 4.63. The molecule has 3 rings (SSSR count). The standard InChI is InChI=1S/C20H25NO2/c1-16-12-21(13-17-8-4-2-5-9-17)19(14-22)20(16)23-15-18-10-6-3-7-11-18/h2-11,16,19-20,22H,12-15H2,1H3/t16-,19-,20+/m1/s1. The van der Waals surface area contributed by atoms with Crippen LogP contribution in [0.2, 0.25) is 0 Å². The van der Waals surface area contributed by atoms with Crippen LogP contribution in [0.4, 0.5) is 0 Å². The summed E-state index contributed by atoms with van der Waals surface area (Å²) in [5.41, 5.74) is 2.46. The van der Waals surface area contributed by atoms with Crippen molar-refractivity contribution in [2.75, 3.05) is 13.2 Å². The fraction of sp³-hybridized carbons (Fsp3) is 0.400. The van der Waals surface area contributed by atoms with Crippen LogP contribution in [0.3, 0.4) is 0 Å². The lowest BCUT2D eigenvalue weighted by Crippen LogP contribution is -2.39. The highest BCUT2D eigenvalue weighted by atomic mass is 16.5. The van der Waals surface area contributed by atoms with Crippen LogP contribution in [0.5, 0.6) is 0 Å². The number of rotatable bonds is 6. The monoisotopic (exact) mass is 311 g/mol. The molecule has 0 aliphatic carbocycles. The maximum absolute atomic E-state index is 9.88. The molecule has 23 heavy (non-hydrogen) atoms. The largest absolute Gasteiger partial charge is 0.395 e. The number of hydrogen-bond acceptors (Lipinski definition) is 3. The average molecular weight is 311 g/mol. The summed E-state index contributed by atoms with van der Waals surface area (Å²) in [5, 5.41) is 9.88. The zero-order valence-corrected chi connectivity index (χ0v) is 13.6. The summed E-state index contributed by atoms with van der Waals surface area (Å²) in [6.45, 7) is 4.77. The summed E-state index contributed by atoms with van der Waals surface area (Å²) in [6.07, 6.45) is 0.0731. The zero-order chi connectivity index (χ0) is 16.1. The van der Waals surface area contributed by atoms with Crippen LogP contribution in [0, 0.1) is 5.92 Å². The zero-order valence-electron chi connectivity index (χ0n) is 13.6. The van der Waals surface area contributed by atoms with Crippen molar-refractivity contribution in [3.63, 3.8) is 0 Å². The van der Waals surface area contributed by atoms with Gasteiger partial charge in [0.25, 0.3) is 0 Å². The van der Waals surface area contributed by atoms with Crippen LogP contribution in [-0.4, -0.2) is 35.3 Å². The Kier molecular flexibility index (Phi) is 5.44.